The standard InChI is InChI=1S/C11H22N2O3/c1-3-5-11(16)13-9(8-14)6-7-10(15)12-4-2/h9,14H,3-8H2,1-2H3,(H,12,15)(H,13,16). The van der Waals surface area contributed by atoms with E-state index >= 15 is 0 Å². The van der Waals surface area contributed by atoms with Crippen LogP contribution in [-0.2, 0) is 9.59 Å². The van der Waals surface area contributed by atoms with Crippen LogP contribution in [0.25, 0.3) is 0 Å². The number of aliphatic hydroxyl groups is 1. The number of hydrogen-bond donors (Lipinski definition) is 3. The minimum atomic E-state index is -0.318. The number of carbonyl (C=O) groups excluding carboxylic acids is 2. The van der Waals surface area contributed by atoms with E-state index in [1.807, 2.05) is 13.8 Å². The summed E-state index contributed by atoms with van der Waals surface area (Å²) < 4.78 is 0. The van der Waals surface area contributed by atoms with Crippen LogP contribution in [0.3, 0.4) is 0 Å². The topological polar surface area (TPSA) is 78.4 Å². The molecule has 0 rings (SSSR count). The molecule has 2 amide bonds. The van der Waals surface area contributed by atoms with Gasteiger partial charge in [-0.15, -0.1) is 0 Å². The molecule has 0 bridgehead atoms. The number of carbonyl (C=O) groups is 2. The zero-order valence-corrected chi connectivity index (χ0v) is 10.1. The van der Waals surface area contributed by atoms with Gasteiger partial charge in [0, 0.05) is 19.4 Å². The van der Waals surface area contributed by atoms with Crippen LogP contribution < -0.4 is 10.6 Å². The molecule has 5 nitrogen and oxygen atoms in total. The average molecular weight is 230 g/mol. The molecule has 1 atom stereocenters. The van der Waals surface area contributed by atoms with Gasteiger partial charge < -0.3 is 15.7 Å². The van der Waals surface area contributed by atoms with Crippen molar-refractivity contribution in [2.75, 3.05) is 13.2 Å². The summed E-state index contributed by atoms with van der Waals surface area (Å²) in [5, 5.41) is 14.4. The Morgan fingerprint density at radius 2 is 1.88 bits per heavy atom. The van der Waals surface area contributed by atoms with Crippen molar-refractivity contribution >= 4 is 11.8 Å². The number of rotatable bonds is 8. The van der Waals surface area contributed by atoms with Gasteiger partial charge in [-0.25, -0.2) is 0 Å². The lowest BCUT2D eigenvalue weighted by Crippen LogP contribution is -2.38. The summed E-state index contributed by atoms with van der Waals surface area (Å²) in [7, 11) is 0. The van der Waals surface area contributed by atoms with E-state index in [4.69, 9.17) is 5.11 Å². The third-order valence-electron chi connectivity index (χ3n) is 2.16. The molecule has 3 N–H and O–H groups in total. The van der Waals surface area contributed by atoms with Crippen LogP contribution in [0.5, 0.6) is 0 Å². The van der Waals surface area contributed by atoms with Crippen molar-refractivity contribution in [3.63, 3.8) is 0 Å². The van der Waals surface area contributed by atoms with Crippen molar-refractivity contribution in [1.29, 1.82) is 0 Å². The fraction of sp³-hybridized carbons (Fsp3) is 0.818. The Balaban J connectivity index is 3.82. The second-order valence-corrected chi connectivity index (χ2v) is 3.69. The third kappa shape index (κ3) is 7.23. The Hall–Kier alpha value is -1.10. The van der Waals surface area contributed by atoms with Gasteiger partial charge in [-0.3, -0.25) is 9.59 Å². The molecule has 0 saturated heterocycles. The Labute approximate surface area is 96.6 Å². The number of aliphatic hydroxyl groups excluding tert-OH is 1. The first-order valence-electron chi connectivity index (χ1n) is 5.80. The predicted octanol–water partition coefficient (Wildman–Crippen LogP) is 0.180. The lowest BCUT2D eigenvalue weighted by atomic mass is 10.1. The van der Waals surface area contributed by atoms with Gasteiger partial charge >= 0.3 is 0 Å². The fourth-order valence-corrected chi connectivity index (χ4v) is 1.33. The summed E-state index contributed by atoms with van der Waals surface area (Å²) >= 11 is 0. The summed E-state index contributed by atoms with van der Waals surface area (Å²) in [5.41, 5.74) is 0. The maximum Gasteiger partial charge on any atom is 0.220 e. The van der Waals surface area contributed by atoms with E-state index in [0.29, 0.717) is 25.8 Å². The molecule has 0 radical (unpaired) electrons. The largest absolute Gasteiger partial charge is 0.394 e. The molecule has 0 aliphatic rings. The minimum Gasteiger partial charge on any atom is -0.394 e. The Morgan fingerprint density at radius 3 is 2.38 bits per heavy atom. The van der Waals surface area contributed by atoms with E-state index in [9.17, 15) is 9.59 Å². The van der Waals surface area contributed by atoms with Gasteiger partial charge in [0.25, 0.3) is 0 Å². The Morgan fingerprint density at radius 1 is 1.19 bits per heavy atom. The average Bonchev–Trinajstić information content (AvgIpc) is 2.25. The number of hydrogen-bond acceptors (Lipinski definition) is 3. The van der Waals surface area contributed by atoms with E-state index in [1.165, 1.54) is 0 Å². The molecule has 0 spiro atoms. The van der Waals surface area contributed by atoms with Crippen LogP contribution in [0.2, 0.25) is 0 Å². The van der Waals surface area contributed by atoms with Gasteiger partial charge in [-0.2, -0.15) is 0 Å². The summed E-state index contributed by atoms with van der Waals surface area (Å²) in [6.45, 7) is 4.24. The summed E-state index contributed by atoms with van der Waals surface area (Å²) in [4.78, 5) is 22.4. The minimum absolute atomic E-state index is 0.0503. The monoisotopic (exact) mass is 230 g/mol. The maximum absolute atomic E-state index is 11.3. The number of amides is 2. The summed E-state index contributed by atoms with van der Waals surface area (Å²) in [6, 6.07) is -0.318. The first-order valence-corrected chi connectivity index (χ1v) is 5.80. The SMILES string of the molecule is CCCC(=O)NC(CO)CCC(=O)NCC. The van der Waals surface area contributed by atoms with Crippen molar-refractivity contribution in [2.24, 2.45) is 0 Å². The second-order valence-electron chi connectivity index (χ2n) is 3.69. The van der Waals surface area contributed by atoms with E-state index in [2.05, 4.69) is 10.6 Å². The van der Waals surface area contributed by atoms with Crippen molar-refractivity contribution in [2.45, 2.75) is 45.6 Å². The van der Waals surface area contributed by atoms with Gasteiger partial charge in [0.2, 0.25) is 11.8 Å². The van der Waals surface area contributed by atoms with Gasteiger partial charge in [-0.1, -0.05) is 6.92 Å². The summed E-state index contributed by atoms with van der Waals surface area (Å²) in [6.07, 6.45) is 2.03. The van der Waals surface area contributed by atoms with E-state index in [0.717, 1.165) is 6.42 Å². The molecule has 0 heterocycles. The Kier molecular flexibility index (Phi) is 8.52. The van der Waals surface area contributed by atoms with Gasteiger partial charge in [0.05, 0.1) is 12.6 Å². The second kappa shape index (κ2) is 9.15. The van der Waals surface area contributed by atoms with E-state index in [1.54, 1.807) is 0 Å². The normalized spacial score (nSPS) is 11.9. The molecule has 0 aromatic heterocycles. The van der Waals surface area contributed by atoms with Crippen LogP contribution >= 0.6 is 0 Å². The van der Waals surface area contributed by atoms with Crippen LogP contribution in [0.1, 0.15) is 39.5 Å². The highest BCUT2D eigenvalue weighted by atomic mass is 16.3. The zero-order chi connectivity index (χ0) is 12.4. The van der Waals surface area contributed by atoms with Crippen LogP contribution in [0.15, 0.2) is 0 Å². The van der Waals surface area contributed by atoms with E-state index < -0.39 is 0 Å². The quantitative estimate of drug-likeness (QED) is 0.556. The molecule has 0 aromatic rings. The lowest BCUT2D eigenvalue weighted by Gasteiger charge is -2.15. The highest BCUT2D eigenvalue weighted by Gasteiger charge is 2.12. The molecular weight excluding hydrogens is 208 g/mol. The van der Waals surface area contributed by atoms with Crippen LogP contribution in [-0.4, -0.2) is 36.1 Å². The Bertz CT molecular complexity index is 219. The molecule has 1 unspecified atom stereocenters. The van der Waals surface area contributed by atoms with Gasteiger partial charge in [-0.05, 0) is 19.8 Å². The molecule has 16 heavy (non-hydrogen) atoms. The maximum atomic E-state index is 11.3. The van der Waals surface area contributed by atoms with E-state index in [-0.39, 0.29) is 24.5 Å². The molecule has 0 aromatic carbocycles. The number of nitrogens with one attached hydrogen (secondary N) is 2. The lowest BCUT2D eigenvalue weighted by molar-refractivity contribution is -0.124. The van der Waals surface area contributed by atoms with Gasteiger partial charge in [0.1, 0.15) is 0 Å². The van der Waals surface area contributed by atoms with Crippen molar-refractivity contribution in [3.8, 4) is 0 Å². The molecule has 0 saturated carbocycles. The highest BCUT2D eigenvalue weighted by molar-refractivity contribution is 5.77. The predicted molar refractivity (Wildman–Crippen MR) is 61.8 cm³/mol. The summed E-state index contributed by atoms with van der Waals surface area (Å²) in [5.74, 6) is -0.122. The van der Waals surface area contributed by atoms with Crippen molar-refractivity contribution in [1.82, 2.24) is 10.6 Å². The third-order valence-corrected chi connectivity index (χ3v) is 2.16. The fourth-order valence-electron chi connectivity index (χ4n) is 1.33. The highest BCUT2D eigenvalue weighted by Crippen LogP contribution is 1.98. The van der Waals surface area contributed by atoms with Crippen LogP contribution in [0.4, 0.5) is 0 Å². The molecule has 94 valence electrons. The van der Waals surface area contributed by atoms with Gasteiger partial charge in [0.15, 0.2) is 0 Å². The molecular formula is C11H22N2O3. The van der Waals surface area contributed by atoms with Crippen molar-refractivity contribution in [3.05, 3.63) is 0 Å². The first-order chi connectivity index (χ1) is 7.63. The van der Waals surface area contributed by atoms with Crippen molar-refractivity contribution < 1.29 is 14.7 Å². The molecule has 0 fully saturated rings. The van der Waals surface area contributed by atoms with Crippen LogP contribution in [0, 0.1) is 0 Å². The molecule has 5 heteroatoms. The zero-order valence-electron chi connectivity index (χ0n) is 10.1. The first kappa shape index (κ1) is 14.9. The smallest absolute Gasteiger partial charge is 0.220 e. The molecule has 0 aliphatic carbocycles. The molecule has 0 aliphatic heterocycles.